The van der Waals surface area contributed by atoms with E-state index in [1.54, 1.807) is 0 Å². The number of aromatic nitrogens is 3. The molecule has 2 N–H and O–H groups in total. The molecule has 1 saturated heterocycles. The van der Waals surface area contributed by atoms with Crippen molar-refractivity contribution in [2.75, 3.05) is 26.4 Å². The third kappa shape index (κ3) is 3.91. The molecule has 0 spiro atoms. The Labute approximate surface area is 154 Å². The molecule has 2 aromatic heterocycles. The number of hydrogen-bond donors (Lipinski definition) is 2. The summed E-state index contributed by atoms with van der Waals surface area (Å²) in [6.07, 6.45) is 4.41. The van der Waals surface area contributed by atoms with Gasteiger partial charge in [-0.3, -0.25) is 10.1 Å². The lowest BCUT2D eigenvalue weighted by Gasteiger charge is -2.24. The van der Waals surface area contributed by atoms with Crippen LogP contribution >= 0.6 is 0 Å². The van der Waals surface area contributed by atoms with Crippen molar-refractivity contribution in [1.82, 2.24) is 20.5 Å². The molecule has 0 amide bonds. The van der Waals surface area contributed by atoms with Crippen molar-refractivity contribution in [3.05, 3.63) is 29.6 Å². The second kappa shape index (κ2) is 7.00. The summed E-state index contributed by atoms with van der Waals surface area (Å²) < 4.78 is 11.7. The van der Waals surface area contributed by atoms with Crippen LogP contribution in [0.1, 0.15) is 50.8 Å². The predicted octanol–water partition coefficient (Wildman–Crippen LogP) is 3.01. The number of hydrogen-bond acceptors (Lipinski definition) is 5. The number of morpholine rings is 1. The van der Waals surface area contributed by atoms with Crippen LogP contribution in [-0.4, -0.2) is 47.6 Å². The van der Waals surface area contributed by atoms with Crippen molar-refractivity contribution >= 4 is 0 Å². The van der Waals surface area contributed by atoms with E-state index in [9.17, 15) is 0 Å². The highest BCUT2D eigenvalue weighted by atomic mass is 16.5. The quantitative estimate of drug-likeness (QED) is 0.862. The first kappa shape index (κ1) is 17.5. The Morgan fingerprint density at radius 1 is 1.23 bits per heavy atom. The summed E-state index contributed by atoms with van der Waals surface area (Å²) in [7, 11) is 0. The number of nitrogens with one attached hydrogen (secondary N) is 2. The summed E-state index contributed by atoms with van der Waals surface area (Å²) in [5, 5.41) is 11.0. The highest BCUT2D eigenvalue weighted by Crippen LogP contribution is 2.44. The van der Waals surface area contributed by atoms with E-state index in [1.807, 2.05) is 12.3 Å². The molecule has 6 nitrogen and oxygen atoms in total. The Kier molecular flexibility index (Phi) is 4.71. The summed E-state index contributed by atoms with van der Waals surface area (Å²) >= 11 is 0. The van der Waals surface area contributed by atoms with Crippen molar-refractivity contribution in [3.8, 4) is 17.1 Å². The molecule has 6 heteroatoms. The zero-order valence-corrected chi connectivity index (χ0v) is 15.8. The van der Waals surface area contributed by atoms with E-state index in [0.29, 0.717) is 19.1 Å². The lowest BCUT2D eigenvalue weighted by Crippen LogP contribution is -2.44. The highest BCUT2D eigenvalue weighted by Gasteiger charge is 2.28. The van der Waals surface area contributed by atoms with Crippen LogP contribution in [0.5, 0.6) is 5.75 Å². The van der Waals surface area contributed by atoms with Crippen LogP contribution in [0.3, 0.4) is 0 Å². The third-order valence-corrected chi connectivity index (χ3v) is 5.00. The summed E-state index contributed by atoms with van der Waals surface area (Å²) in [6, 6.07) is 4.37. The van der Waals surface area contributed by atoms with Gasteiger partial charge in [0.05, 0.1) is 24.9 Å². The van der Waals surface area contributed by atoms with Gasteiger partial charge >= 0.3 is 0 Å². The predicted molar refractivity (Wildman–Crippen MR) is 101 cm³/mol. The molecule has 2 aromatic rings. The minimum absolute atomic E-state index is 0.0329. The summed E-state index contributed by atoms with van der Waals surface area (Å²) in [5.74, 6) is 1.52. The third-order valence-electron chi connectivity index (χ3n) is 5.00. The maximum absolute atomic E-state index is 6.19. The molecule has 1 saturated carbocycles. The van der Waals surface area contributed by atoms with Gasteiger partial charge in [0.25, 0.3) is 0 Å². The molecule has 0 radical (unpaired) electrons. The smallest absolute Gasteiger partial charge is 0.126 e. The van der Waals surface area contributed by atoms with E-state index in [2.05, 4.69) is 47.3 Å². The first-order valence-corrected chi connectivity index (χ1v) is 9.51. The van der Waals surface area contributed by atoms with Gasteiger partial charge in [0.1, 0.15) is 18.1 Å². The van der Waals surface area contributed by atoms with E-state index in [1.165, 1.54) is 18.4 Å². The zero-order valence-electron chi connectivity index (χ0n) is 15.8. The molecule has 4 rings (SSSR count). The summed E-state index contributed by atoms with van der Waals surface area (Å²) in [4.78, 5) is 4.66. The molecule has 3 heterocycles. The van der Waals surface area contributed by atoms with Crippen LogP contribution in [0.2, 0.25) is 0 Å². The average Bonchev–Trinajstić information content (AvgIpc) is 3.34. The van der Waals surface area contributed by atoms with Crippen LogP contribution in [0.4, 0.5) is 0 Å². The largest absolute Gasteiger partial charge is 0.491 e. The Morgan fingerprint density at radius 2 is 2.08 bits per heavy atom. The average molecular weight is 356 g/mol. The molecule has 0 bridgehead atoms. The molecular formula is C20H28N4O2. The number of rotatable bonds is 5. The van der Waals surface area contributed by atoms with Gasteiger partial charge in [-0.2, -0.15) is 5.10 Å². The van der Waals surface area contributed by atoms with Gasteiger partial charge in [0.2, 0.25) is 0 Å². The van der Waals surface area contributed by atoms with Gasteiger partial charge in [-0.1, -0.05) is 20.8 Å². The minimum atomic E-state index is 0.0329. The fourth-order valence-electron chi connectivity index (χ4n) is 3.17. The van der Waals surface area contributed by atoms with E-state index in [0.717, 1.165) is 36.0 Å². The van der Waals surface area contributed by atoms with Crippen LogP contribution in [0.25, 0.3) is 11.4 Å². The molecular weight excluding hydrogens is 328 g/mol. The Bertz CT molecular complexity index is 755. The molecule has 0 aromatic carbocycles. The van der Waals surface area contributed by atoms with Gasteiger partial charge in [-0.25, -0.2) is 0 Å². The molecule has 2 aliphatic rings. The number of ether oxygens (including phenoxy) is 2. The lowest BCUT2D eigenvalue weighted by molar-refractivity contribution is 0.0591. The Morgan fingerprint density at radius 3 is 2.73 bits per heavy atom. The standard InChI is InChI=1S/C20H28N4O2/c1-20(2,3)19-9-17(23-24-19)16-8-18(15(10-22-16)13-4-5-13)26-12-14-11-25-7-6-21-14/h8-10,13-14,21H,4-7,11-12H2,1-3H3,(H,23,24). The van der Waals surface area contributed by atoms with Crippen molar-refractivity contribution in [1.29, 1.82) is 0 Å². The van der Waals surface area contributed by atoms with Gasteiger partial charge in [-0.15, -0.1) is 0 Å². The monoisotopic (exact) mass is 356 g/mol. The van der Waals surface area contributed by atoms with Crippen molar-refractivity contribution in [3.63, 3.8) is 0 Å². The molecule has 1 aliphatic heterocycles. The first-order valence-electron chi connectivity index (χ1n) is 9.51. The molecule has 26 heavy (non-hydrogen) atoms. The molecule has 2 fully saturated rings. The first-order chi connectivity index (χ1) is 12.5. The van der Waals surface area contributed by atoms with E-state index >= 15 is 0 Å². The van der Waals surface area contributed by atoms with E-state index in [4.69, 9.17) is 9.47 Å². The second-order valence-electron chi connectivity index (χ2n) is 8.34. The number of aromatic amines is 1. The topological polar surface area (TPSA) is 72.1 Å². The Hall–Kier alpha value is -1.92. The molecule has 1 aliphatic carbocycles. The fourth-order valence-corrected chi connectivity index (χ4v) is 3.17. The number of nitrogens with zero attached hydrogens (tertiary/aromatic N) is 2. The summed E-state index contributed by atoms with van der Waals surface area (Å²) in [6.45, 7) is 9.47. The highest BCUT2D eigenvalue weighted by molar-refractivity contribution is 5.58. The molecule has 140 valence electrons. The van der Waals surface area contributed by atoms with Crippen molar-refractivity contribution in [2.24, 2.45) is 0 Å². The van der Waals surface area contributed by atoms with Gasteiger partial charge in [0, 0.05) is 35.5 Å². The van der Waals surface area contributed by atoms with Crippen LogP contribution in [0.15, 0.2) is 18.3 Å². The second-order valence-corrected chi connectivity index (χ2v) is 8.34. The van der Waals surface area contributed by atoms with Gasteiger partial charge in [-0.05, 0) is 24.8 Å². The van der Waals surface area contributed by atoms with Crippen LogP contribution < -0.4 is 10.1 Å². The SMILES string of the molecule is CC(C)(C)c1cc(-c2cc(OCC3COCCN3)c(C3CC3)cn2)n[nH]1. The maximum atomic E-state index is 6.19. The number of pyridine rings is 1. The molecule has 1 unspecified atom stereocenters. The van der Waals surface area contributed by atoms with Gasteiger partial charge < -0.3 is 14.8 Å². The van der Waals surface area contributed by atoms with E-state index in [-0.39, 0.29) is 11.5 Å². The Balaban J connectivity index is 1.55. The fraction of sp³-hybridized carbons (Fsp3) is 0.600. The van der Waals surface area contributed by atoms with Crippen molar-refractivity contribution in [2.45, 2.75) is 51.0 Å². The zero-order chi connectivity index (χ0) is 18.1. The molecule has 1 atom stereocenters. The number of H-pyrrole nitrogens is 1. The maximum Gasteiger partial charge on any atom is 0.126 e. The van der Waals surface area contributed by atoms with E-state index < -0.39 is 0 Å². The van der Waals surface area contributed by atoms with Gasteiger partial charge in [0.15, 0.2) is 0 Å². The normalized spacial score (nSPS) is 21.0. The van der Waals surface area contributed by atoms with Crippen molar-refractivity contribution < 1.29 is 9.47 Å². The minimum Gasteiger partial charge on any atom is -0.491 e. The van der Waals surface area contributed by atoms with Crippen LogP contribution in [0, 0.1) is 0 Å². The summed E-state index contributed by atoms with van der Waals surface area (Å²) in [5.41, 5.74) is 4.07. The van der Waals surface area contributed by atoms with Crippen LogP contribution in [-0.2, 0) is 10.2 Å². The lowest BCUT2D eigenvalue weighted by atomic mass is 9.92.